The summed E-state index contributed by atoms with van der Waals surface area (Å²) in [5.74, 6) is 0.0949. The summed E-state index contributed by atoms with van der Waals surface area (Å²) in [7, 11) is 1.95. The number of amides is 1. The van der Waals surface area contributed by atoms with Gasteiger partial charge in [-0.25, -0.2) is 4.98 Å². The molecule has 3 rings (SSSR count). The van der Waals surface area contributed by atoms with Crippen LogP contribution in [0.1, 0.15) is 36.7 Å². The fourth-order valence-corrected chi connectivity index (χ4v) is 3.00. The fourth-order valence-electron chi connectivity index (χ4n) is 3.00. The first-order valence-electron chi connectivity index (χ1n) is 8.19. The molecule has 1 unspecified atom stereocenters. The smallest absolute Gasteiger partial charge is 0.254 e. The van der Waals surface area contributed by atoms with Crippen LogP contribution in [-0.4, -0.2) is 46.5 Å². The average molecular weight is 312 g/mol. The van der Waals surface area contributed by atoms with Gasteiger partial charge in [-0.05, 0) is 33.4 Å². The monoisotopic (exact) mass is 312 g/mol. The summed E-state index contributed by atoms with van der Waals surface area (Å²) in [6.07, 6.45) is 4.84. The highest BCUT2D eigenvalue weighted by molar-refractivity contribution is 6.00. The molecule has 23 heavy (non-hydrogen) atoms. The van der Waals surface area contributed by atoms with Crippen molar-refractivity contribution in [1.82, 2.24) is 19.8 Å². The van der Waals surface area contributed by atoms with Crippen molar-refractivity contribution in [2.45, 2.75) is 32.4 Å². The quantitative estimate of drug-likeness (QED) is 0.944. The van der Waals surface area contributed by atoms with E-state index in [-0.39, 0.29) is 5.91 Å². The summed E-state index contributed by atoms with van der Waals surface area (Å²) in [5.41, 5.74) is 2.50. The Labute approximate surface area is 137 Å². The molecule has 2 heterocycles. The van der Waals surface area contributed by atoms with E-state index in [1.165, 1.54) is 0 Å². The maximum atomic E-state index is 12.9. The Morgan fingerprint density at radius 2 is 2.13 bits per heavy atom. The molecule has 5 heteroatoms. The molecule has 1 atom stereocenters. The van der Waals surface area contributed by atoms with Gasteiger partial charge in [0, 0.05) is 42.5 Å². The second kappa shape index (κ2) is 6.54. The number of carbonyl (C=O) groups excluding carboxylic acids is 1. The molecule has 0 radical (unpaired) electrons. The minimum atomic E-state index is 0.0949. The minimum absolute atomic E-state index is 0.0949. The summed E-state index contributed by atoms with van der Waals surface area (Å²) in [5, 5.41) is 3.25. The van der Waals surface area contributed by atoms with Gasteiger partial charge in [0.25, 0.3) is 5.91 Å². The molecule has 0 aliphatic carbocycles. The van der Waals surface area contributed by atoms with Gasteiger partial charge in [-0.1, -0.05) is 18.2 Å². The highest BCUT2D eigenvalue weighted by atomic mass is 16.2. The number of nitrogens with one attached hydrogen (secondary N) is 1. The Kier molecular flexibility index (Phi) is 4.48. The molecule has 5 nitrogen and oxygen atoms in total. The summed E-state index contributed by atoms with van der Waals surface area (Å²) < 4.78 is 2.06. The molecule has 1 aliphatic rings. The second-order valence-corrected chi connectivity index (χ2v) is 6.37. The van der Waals surface area contributed by atoms with Crippen LogP contribution in [0.25, 0.3) is 11.3 Å². The van der Waals surface area contributed by atoms with Gasteiger partial charge in [-0.3, -0.25) is 4.79 Å². The van der Waals surface area contributed by atoms with E-state index < -0.39 is 0 Å². The number of hydrogen-bond donors (Lipinski definition) is 1. The molecule has 0 saturated carbocycles. The molecule has 1 aromatic carbocycles. The molecule has 1 amide bonds. The van der Waals surface area contributed by atoms with Gasteiger partial charge >= 0.3 is 0 Å². The van der Waals surface area contributed by atoms with Crippen molar-refractivity contribution in [1.29, 1.82) is 0 Å². The molecule has 1 fully saturated rings. The van der Waals surface area contributed by atoms with Crippen molar-refractivity contribution < 1.29 is 4.79 Å². The molecule has 2 aromatic rings. The molecule has 122 valence electrons. The summed E-state index contributed by atoms with van der Waals surface area (Å²) >= 11 is 0. The van der Waals surface area contributed by atoms with Crippen molar-refractivity contribution in [3.63, 3.8) is 0 Å². The van der Waals surface area contributed by atoms with E-state index in [2.05, 4.69) is 28.7 Å². The minimum Gasteiger partial charge on any atom is -0.337 e. The van der Waals surface area contributed by atoms with Crippen molar-refractivity contribution in [3.8, 4) is 11.3 Å². The molecular weight excluding hydrogens is 288 g/mol. The Balaban J connectivity index is 1.90. The van der Waals surface area contributed by atoms with E-state index in [1.807, 2.05) is 48.7 Å². The van der Waals surface area contributed by atoms with Crippen LogP contribution in [0, 0.1) is 0 Å². The number of aromatic nitrogens is 2. The molecule has 1 aliphatic heterocycles. The lowest BCUT2D eigenvalue weighted by Crippen LogP contribution is -2.33. The van der Waals surface area contributed by atoms with E-state index in [0.29, 0.717) is 12.1 Å². The first-order chi connectivity index (χ1) is 11.1. The first kappa shape index (κ1) is 15.7. The fraction of sp³-hybridized carbons (Fsp3) is 0.444. The van der Waals surface area contributed by atoms with Crippen LogP contribution >= 0.6 is 0 Å². The zero-order chi connectivity index (χ0) is 16.4. The Bertz CT molecular complexity index is 692. The van der Waals surface area contributed by atoms with Gasteiger partial charge in [0.1, 0.15) is 0 Å². The number of nitrogens with zero attached hydrogens (tertiary/aromatic N) is 3. The van der Waals surface area contributed by atoms with Crippen molar-refractivity contribution in [2.24, 2.45) is 0 Å². The average Bonchev–Trinajstić information content (AvgIpc) is 3.23. The van der Waals surface area contributed by atoms with Gasteiger partial charge in [-0.15, -0.1) is 0 Å². The SMILES string of the molecule is CNC1CCN(C(=O)c2ccccc2-c2cn(C(C)C)cn2)C1. The zero-order valence-corrected chi connectivity index (χ0v) is 14.0. The van der Waals surface area contributed by atoms with Crippen LogP contribution in [0.15, 0.2) is 36.8 Å². The number of likely N-dealkylation sites (tertiary alicyclic amines) is 1. The van der Waals surface area contributed by atoms with Crippen LogP contribution in [0.5, 0.6) is 0 Å². The number of imidazole rings is 1. The first-order valence-corrected chi connectivity index (χ1v) is 8.19. The Morgan fingerprint density at radius 1 is 1.35 bits per heavy atom. The molecule has 1 aromatic heterocycles. The van der Waals surface area contributed by atoms with E-state index in [9.17, 15) is 4.79 Å². The van der Waals surface area contributed by atoms with Crippen LogP contribution in [-0.2, 0) is 0 Å². The number of hydrogen-bond acceptors (Lipinski definition) is 3. The summed E-state index contributed by atoms with van der Waals surface area (Å²) in [6, 6.07) is 8.51. The number of benzene rings is 1. The predicted octanol–water partition coefficient (Wildman–Crippen LogP) is 2.56. The highest BCUT2D eigenvalue weighted by Crippen LogP contribution is 2.25. The van der Waals surface area contributed by atoms with Crippen molar-refractivity contribution in [3.05, 3.63) is 42.4 Å². The van der Waals surface area contributed by atoms with Crippen LogP contribution < -0.4 is 5.32 Å². The number of likely N-dealkylation sites (N-methyl/N-ethyl adjacent to an activating group) is 1. The molecule has 0 bridgehead atoms. The van der Waals surface area contributed by atoms with E-state index in [4.69, 9.17) is 0 Å². The largest absolute Gasteiger partial charge is 0.337 e. The van der Waals surface area contributed by atoms with E-state index in [1.54, 1.807) is 0 Å². The van der Waals surface area contributed by atoms with Gasteiger partial charge in [0.15, 0.2) is 0 Å². The van der Waals surface area contributed by atoms with Gasteiger partial charge < -0.3 is 14.8 Å². The molecule has 1 N–H and O–H groups in total. The summed E-state index contributed by atoms with van der Waals surface area (Å²) in [6.45, 7) is 5.80. The van der Waals surface area contributed by atoms with E-state index in [0.717, 1.165) is 36.3 Å². The molecule has 0 spiro atoms. The molecular formula is C18H24N4O. The van der Waals surface area contributed by atoms with Crippen LogP contribution in [0.2, 0.25) is 0 Å². The topological polar surface area (TPSA) is 50.2 Å². The maximum absolute atomic E-state index is 12.9. The second-order valence-electron chi connectivity index (χ2n) is 6.37. The zero-order valence-electron chi connectivity index (χ0n) is 14.0. The Morgan fingerprint density at radius 3 is 2.78 bits per heavy atom. The van der Waals surface area contributed by atoms with Gasteiger partial charge in [0.05, 0.1) is 12.0 Å². The Hall–Kier alpha value is -2.14. The van der Waals surface area contributed by atoms with Crippen LogP contribution in [0.4, 0.5) is 0 Å². The highest BCUT2D eigenvalue weighted by Gasteiger charge is 2.27. The van der Waals surface area contributed by atoms with Gasteiger partial charge in [0.2, 0.25) is 0 Å². The van der Waals surface area contributed by atoms with Crippen molar-refractivity contribution in [2.75, 3.05) is 20.1 Å². The normalized spacial score (nSPS) is 17.9. The van der Waals surface area contributed by atoms with Crippen LogP contribution in [0.3, 0.4) is 0 Å². The third-order valence-corrected chi connectivity index (χ3v) is 4.51. The third-order valence-electron chi connectivity index (χ3n) is 4.51. The number of rotatable bonds is 4. The lowest BCUT2D eigenvalue weighted by atomic mass is 10.0. The maximum Gasteiger partial charge on any atom is 0.254 e. The lowest BCUT2D eigenvalue weighted by molar-refractivity contribution is 0.0790. The predicted molar refractivity (Wildman–Crippen MR) is 91.4 cm³/mol. The lowest BCUT2D eigenvalue weighted by Gasteiger charge is -2.18. The van der Waals surface area contributed by atoms with E-state index >= 15 is 0 Å². The third kappa shape index (κ3) is 3.15. The standard InChI is InChI=1S/C18H24N4O/c1-13(2)22-11-17(20-12-22)15-6-4-5-7-16(15)18(23)21-9-8-14(10-21)19-3/h4-7,11-14,19H,8-10H2,1-3H3. The molecule has 1 saturated heterocycles. The van der Waals surface area contributed by atoms with Crippen molar-refractivity contribution >= 4 is 5.91 Å². The van der Waals surface area contributed by atoms with Gasteiger partial charge in [-0.2, -0.15) is 0 Å². The summed E-state index contributed by atoms with van der Waals surface area (Å²) in [4.78, 5) is 19.3. The number of carbonyl (C=O) groups is 1.